The van der Waals surface area contributed by atoms with E-state index in [1.165, 1.54) is 25.7 Å². The van der Waals surface area contributed by atoms with Crippen LogP contribution in [0, 0.1) is 0 Å². The highest BCUT2D eigenvalue weighted by Crippen LogP contribution is 2.11. The van der Waals surface area contributed by atoms with E-state index in [4.69, 9.17) is 0 Å². The number of unbranched alkanes of at least 4 members (excludes halogenated alkanes) is 6. The fraction of sp³-hybridized carbons (Fsp3) is 1.00. The largest absolute Gasteiger partial charge is 0.238 e. The van der Waals surface area contributed by atoms with Gasteiger partial charge in [0.2, 0.25) is 6.43 Å². The van der Waals surface area contributed by atoms with Crippen molar-refractivity contribution in [2.75, 3.05) is 5.33 Å². The summed E-state index contributed by atoms with van der Waals surface area (Å²) in [6, 6.07) is 0. The molecule has 0 fully saturated rings. The maximum Gasteiger partial charge on any atom is 0.238 e. The van der Waals surface area contributed by atoms with Gasteiger partial charge in [0, 0.05) is 11.8 Å². The van der Waals surface area contributed by atoms with Crippen LogP contribution in [0.1, 0.15) is 51.4 Å². The van der Waals surface area contributed by atoms with E-state index in [1.54, 1.807) is 0 Å². The highest BCUT2D eigenvalue weighted by atomic mass is 79.9. The Morgan fingerprint density at radius 3 is 1.69 bits per heavy atom. The van der Waals surface area contributed by atoms with E-state index in [0.717, 1.165) is 18.2 Å². The first-order chi connectivity index (χ1) is 6.27. The van der Waals surface area contributed by atoms with Crippen LogP contribution < -0.4 is 0 Å². The summed E-state index contributed by atoms with van der Waals surface area (Å²) in [7, 11) is 0. The Morgan fingerprint density at radius 2 is 1.23 bits per heavy atom. The Morgan fingerprint density at radius 1 is 0.769 bits per heavy atom. The standard InChI is InChI=1S/C10H19BrF2/c11-9-7-5-3-1-2-4-6-8-10(12)13/h10H,1-9H2. The summed E-state index contributed by atoms with van der Waals surface area (Å²) in [5, 5.41) is 1.08. The third-order valence-electron chi connectivity index (χ3n) is 2.06. The molecule has 0 saturated heterocycles. The number of rotatable bonds is 9. The van der Waals surface area contributed by atoms with Gasteiger partial charge in [-0.3, -0.25) is 0 Å². The van der Waals surface area contributed by atoms with Gasteiger partial charge in [-0.05, 0) is 12.8 Å². The molecule has 0 aromatic heterocycles. The molecule has 13 heavy (non-hydrogen) atoms. The van der Waals surface area contributed by atoms with E-state index in [0.29, 0.717) is 6.42 Å². The van der Waals surface area contributed by atoms with Crippen molar-refractivity contribution in [1.82, 2.24) is 0 Å². The van der Waals surface area contributed by atoms with E-state index < -0.39 is 6.43 Å². The molecule has 0 aliphatic heterocycles. The summed E-state index contributed by atoms with van der Waals surface area (Å²) >= 11 is 3.38. The minimum atomic E-state index is -2.10. The normalized spacial score (nSPS) is 11.1. The zero-order valence-corrected chi connectivity index (χ0v) is 9.66. The number of hydrogen-bond donors (Lipinski definition) is 0. The topological polar surface area (TPSA) is 0 Å². The van der Waals surface area contributed by atoms with Crippen LogP contribution in [0.4, 0.5) is 8.78 Å². The maximum absolute atomic E-state index is 11.7. The van der Waals surface area contributed by atoms with Crippen molar-refractivity contribution < 1.29 is 8.78 Å². The third-order valence-corrected chi connectivity index (χ3v) is 2.62. The molecule has 0 unspecified atom stereocenters. The monoisotopic (exact) mass is 256 g/mol. The lowest BCUT2D eigenvalue weighted by molar-refractivity contribution is 0.133. The van der Waals surface area contributed by atoms with Gasteiger partial charge in [0.05, 0.1) is 0 Å². The van der Waals surface area contributed by atoms with Crippen molar-refractivity contribution in [1.29, 1.82) is 0 Å². The number of alkyl halides is 3. The summed E-state index contributed by atoms with van der Waals surface area (Å²) in [5.74, 6) is 0. The van der Waals surface area contributed by atoms with Gasteiger partial charge in [0.1, 0.15) is 0 Å². The van der Waals surface area contributed by atoms with Crippen LogP contribution in [-0.4, -0.2) is 11.8 Å². The van der Waals surface area contributed by atoms with Crippen molar-refractivity contribution in [3.63, 3.8) is 0 Å². The maximum atomic E-state index is 11.7. The van der Waals surface area contributed by atoms with Crippen molar-refractivity contribution in [3.8, 4) is 0 Å². The molecule has 0 radical (unpaired) electrons. The Balaban J connectivity index is 2.84. The summed E-state index contributed by atoms with van der Waals surface area (Å²) in [6.45, 7) is 0. The summed E-state index contributed by atoms with van der Waals surface area (Å²) in [6.07, 6.45) is 5.71. The second-order valence-corrected chi connectivity index (χ2v) is 4.14. The van der Waals surface area contributed by atoms with Crippen LogP contribution in [0.25, 0.3) is 0 Å². The zero-order chi connectivity index (χ0) is 9.94. The predicted molar refractivity (Wildman–Crippen MR) is 56.7 cm³/mol. The lowest BCUT2D eigenvalue weighted by Gasteiger charge is -2.00. The molecular weight excluding hydrogens is 238 g/mol. The highest BCUT2D eigenvalue weighted by Gasteiger charge is 2.00. The van der Waals surface area contributed by atoms with Crippen molar-refractivity contribution in [2.45, 2.75) is 57.8 Å². The van der Waals surface area contributed by atoms with Crippen LogP contribution in [0.5, 0.6) is 0 Å². The minimum absolute atomic E-state index is 0.0847. The van der Waals surface area contributed by atoms with Gasteiger partial charge in [0.15, 0.2) is 0 Å². The molecule has 0 aromatic rings. The molecule has 0 bridgehead atoms. The fourth-order valence-electron chi connectivity index (χ4n) is 1.28. The molecule has 0 spiro atoms. The van der Waals surface area contributed by atoms with E-state index in [9.17, 15) is 8.78 Å². The molecule has 0 saturated carbocycles. The number of hydrogen-bond acceptors (Lipinski definition) is 0. The second-order valence-electron chi connectivity index (χ2n) is 3.34. The molecule has 0 atom stereocenters. The molecule has 3 heteroatoms. The molecule has 80 valence electrons. The summed E-state index contributed by atoms with van der Waals surface area (Å²) in [4.78, 5) is 0. The van der Waals surface area contributed by atoms with E-state index >= 15 is 0 Å². The van der Waals surface area contributed by atoms with Crippen LogP contribution in [-0.2, 0) is 0 Å². The van der Waals surface area contributed by atoms with E-state index in [2.05, 4.69) is 15.9 Å². The van der Waals surface area contributed by atoms with Gasteiger partial charge in [-0.25, -0.2) is 8.78 Å². The average molecular weight is 257 g/mol. The molecule has 0 aromatic carbocycles. The molecular formula is C10H19BrF2. The summed E-state index contributed by atoms with van der Waals surface area (Å²) in [5.41, 5.74) is 0. The van der Waals surface area contributed by atoms with Gasteiger partial charge in [0.25, 0.3) is 0 Å². The van der Waals surface area contributed by atoms with Crippen LogP contribution in [0.3, 0.4) is 0 Å². The first kappa shape index (κ1) is 13.3. The predicted octanol–water partition coefficient (Wildman–Crippen LogP) is 4.77. The van der Waals surface area contributed by atoms with Gasteiger partial charge < -0.3 is 0 Å². The lowest BCUT2D eigenvalue weighted by Crippen LogP contribution is -1.89. The molecule has 0 nitrogen and oxygen atoms in total. The van der Waals surface area contributed by atoms with Crippen molar-refractivity contribution in [2.24, 2.45) is 0 Å². The first-order valence-electron chi connectivity index (χ1n) is 5.11. The van der Waals surface area contributed by atoms with E-state index in [-0.39, 0.29) is 6.42 Å². The third kappa shape index (κ3) is 12.3. The lowest BCUT2D eigenvalue weighted by atomic mass is 10.1. The van der Waals surface area contributed by atoms with Crippen molar-refractivity contribution >= 4 is 15.9 Å². The van der Waals surface area contributed by atoms with Gasteiger partial charge in [-0.1, -0.05) is 48.0 Å². The summed E-state index contributed by atoms with van der Waals surface area (Å²) < 4.78 is 23.4. The average Bonchev–Trinajstić information content (AvgIpc) is 2.09. The smallest absolute Gasteiger partial charge is 0.211 e. The Bertz CT molecular complexity index is 96.9. The van der Waals surface area contributed by atoms with Crippen LogP contribution >= 0.6 is 15.9 Å². The quantitative estimate of drug-likeness (QED) is 0.412. The molecule has 0 heterocycles. The molecule has 0 aliphatic carbocycles. The SMILES string of the molecule is FC(F)CCCCCCCCCBr. The molecule has 0 aliphatic rings. The highest BCUT2D eigenvalue weighted by molar-refractivity contribution is 9.09. The Hall–Kier alpha value is 0.340. The molecule has 0 amide bonds. The van der Waals surface area contributed by atoms with Gasteiger partial charge >= 0.3 is 0 Å². The Labute approximate surface area is 88.2 Å². The van der Waals surface area contributed by atoms with Crippen molar-refractivity contribution in [3.05, 3.63) is 0 Å². The minimum Gasteiger partial charge on any atom is -0.211 e. The number of halogens is 3. The molecule has 0 N–H and O–H groups in total. The Kier molecular flexibility index (Phi) is 10.7. The second kappa shape index (κ2) is 10.4. The zero-order valence-electron chi connectivity index (χ0n) is 8.08. The fourth-order valence-corrected chi connectivity index (χ4v) is 1.67. The first-order valence-corrected chi connectivity index (χ1v) is 6.23. The van der Waals surface area contributed by atoms with Gasteiger partial charge in [-0.15, -0.1) is 0 Å². The van der Waals surface area contributed by atoms with Crippen LogP contribution in [0.2, 0.25) is 0 Å². The van der Waals surface area contributed by atoms with Gasteiger partial charge in [-0.2, -0.15) is 0 Å². The van der Waals surface area contributed by atoms with Crippen LogP contribution in [0.15, 0.2) is 0 Å². The molecule has 0 rings (SSSR count). The van der Waals surface area contributed by atoms with E-state index in [1.807, 2.05) is 0 Å².